The molecule has 0 saturated heterocycles. The van der Waals surface area contributed by atoms with Crippen LogP contribution in [0, 0.1) is 45.8 Å². The predicted octanol–water partition coefficient (Wildman–Crippen LogP) is 5.15. The number of hydrogen-bond acceptors (Lipinski definition) is 3. The molecule has 0 amide bonds. The lowest BCUT2D eigenvalue weighted by Crippen LogP contribution is -2.52. The average molecular weight is 375 g/mol. The second-order valence-electron chi connectivity index (χ2n) is 10.1. The molecule has 0 aromatic carbocycles. The number of pyridine rings is 1. The second kappa shape index (κ2) is 6.29. The van der Waals surface area contributed by atoms with Gasteiger partial charge in [-0.05, 0) is 84.3 Å². The molecule has 2 fully saturated rings. The summed E-state index contributed by atoms with van der Waals surface area (Å²) in [6.07, 6.45) is 14.6. The number of rotatable bonds is 1. The summed E-state index contributed by atoms with van der Waals surface area (Å²) in [5.74, 6) is 1.89. The normalized spacial score (nSPS) is 44.4. The highest BCUT2D eigenvalue weighted by atomic mass is 16.3. The van der Waals surface area contributed by atoms with E-state index in [0.29, 0.717) is 17.8 Å². The summed E-state index contributed by atoms with van der Waals surface area (Å²) in [6.45, 7) is 4.86. The quantitative estimate of drug-likeness (QED) is 0.740. The van der Waals surface area contributed by atoms with E-state index >= 15 is 0 Å². The van der Waals surface area contributed by atoms with Crippen LogP contribution in [0.15, 0.2) is 42.3 Å². The van der Waals surface area contributed by atoms with Crippen molar-refractivity contribution in [2.24, 2.45) is 34.5 Å². The number of fused-ring (bicyclic) bond motifs is 5. The molecule has 5 rings (SSSR count). The van der Waals surface area contributed by atoms with Crippen molar-refractivity contribution in [3.8, 4) is 6.07 Å². The van der Waals surface area contributed by atoms with Crippen molar-refractivity contribution in [3.63, 3.8) is 0 Å². The van der Waals surface area contributed by atoms with Crippen molar-refractivity contribution in [1.82, 2.24) is 4.98 Å². The van der Waals surface area contributed by atoms with Crippen molar-refractivity contribution >= 4 is 5.57 Å². The smallest absolute Gasteiger partial charge is 0.0947 e. The molecule has 0 spiro atoms. The Labute approximate surface area is 168 Å². The number of aliphatic hydroxyl groups excluding tert-OH is 1. The third kappa shape index (κ3) is 2.40. The topological polar surface area (TPSA) is 56.9 Å². The molecule has 1 N–H and O–H groups in total. The van der Waals surface area contributed by atoms with Gasteiger partial charge >= 0.3 is 0 Å². The lowest BCUT2D eigenvalue weighted by atomic mass is 9.45. The third-order valence-electron chi connectivity index (χ3n) is 8.93. The SMILES string of the molecule is C[C@]12CC[C@H](O)C[C@@H]1C(C#N)=C[C@@H]1[C@@H]2CC[C@]2(C)C(c3cccnc3)=CC[C@@H]12. The lowest BCUT2D eigenvalue weighted by molar-refractivity contribution is -0.0653. The maximum Gasteiger partial charge on any atom is 0.0947 e. The first-order valence-corrected chi connectivity index (χ1v) is 10.9. The Morgan fingerprint density at radius 3 is 2.82 bits per heavy atom. The largest absolute Gasteiger partial charge is 0.393 e. The molecule has 0 unspecified atom stereocenters. The van der Waals surface area contributed by atoms with E-state index in [9.17, 15) is 10.4 Å². The number of aliphatic hydroxyl groups is 1. The fourth-order valence-electron chi connectivity index (χ4n) is 7.42. The van der Waals surface area contributed by atoms with Gasteiger partial charge in [0.15, 0.2) is 0 Å². The highest BCUT2D eigenvalue weighted by Crippen LogP contribution is 2.66. The zero-order valence-electron chi connectivity index (χ0n) is 16.9. The Morgan fingerprint density at radius 1 is 1.21 bits per heavy atom. The van der Waals surface area contributed by atoms with Gasteiger partial charge in [-0.2, -0.15) is 5.26 Å². The monoisotopic (exact) mass is 374 g/mol. The summed E-state index contributed by atoms with van der Waals surface area (Å²) >= 11 is 0. The Kier molecular flexibility index (Phi) is 4.07. The van der Waals surface area contributed by atoms with E-state index in [2.05, 4.69) is 43.1 Å². The van der Waals surface area contributed by atoms with E-state index in [4.69, 9.17) is 0 Å². The van der Waals surface area contributed by atoms with Crippen LogP contribution in [0.25, 0.3) is 5.57 Å². The zero-order valence-corrected chi connectivity index (χ0v) is 16.9. The molecular weight excluding hydrogens is 344 g/mol. The van der Waals surface area contributed by atoms with E-state index in [-0.39, 0.29) is 22.9 Å². The molecule has 28 heavy (non-hydrogen) atoms. The van der Waals surface area contributed by atoms with E-state index in [0.717, 1.165) is 31.3 Å². The van der Waals surface area contributed by atoms with E-state index in [1.165, 1.54) is 24.0 Å². The van der Waals surface area contributed by atoms with Crippen molar-refractivity contribution in [2.45, 2.75) is 58.5 Å². The fraction of sp³-hybridized carbons (Fsp3) is 0.600. The maximum atomic E-state index is 10.3. The van der Waals surface area contributed by atoms with E-state index in [1.54, 1.807) is 0 Å². The molecule has 4 aliphatic rings. The van der Waals surface area contributed by atoms with Crippen LogP contribution in [0.3, 0.4) is 0 Å². The number of allylic oxidation sites excluding steroid dienone is 4. The van der Waals surface area contributed by atoms with Crippen molar-refractivity contribution in [1.29, 1.82) is 5.26 Å². The maximum absolute atomic E-state index is 10.3. The molecule has 0 radical (unpaired) electrons. The first-order valence-electron chi connectivity index (χ1n) is 10.9. The Balaban J connectivity index is 1.54. The Bertz CT molecular complexity index is 882. The standard InChI is InChI=1S/C25H30N2O/c1-24-10-8-22-19(21(24)6-5-20(24)16-4-3-11-27-15-16)12-17(14-26)23-13-18(28)7-9-25(22,23)2/h3-5,11-12,15,18-19,21-23,28H,6-10,13H2,1-2H3/t18-,19-,21-,22-,23+,24+,25+/m0/s1. The molecule has 1 aromatic heterocycles. The molecule has 3 nitrogen and oxygen atoms in total. The van der Waals surface area contributed by atoms with Gasteiger partial charge in [0, 0.05) is 23.9 Å². The Hall–Kier alpha value is -1.92. The van der Waals surface area contributed by atoms with Crippen LogP contribution in [0.5, 0.6) is 0 Å². The first-order chi connectivity index (χ1) is 13.5. The molecule has 2 saturated carbocycles. The molecule has 4 aliphatic carbocycles. The summed E-state index contributed by atoms with van der Waals surface area (Å²) in [7, 11) is 0. The van der Waals surface area contributed by atoms with Crippen molar-refractivity contribution in [2.75, 3.05) is 0 Å². The van der Waals surface area contributed by atoms with Crippen LogP contribution in [-0.4, -0.2) is 16.2 Å². The molecular formula is C25H30N2O. The molecule has 0 aliphatic heterocycles. The second-order valence-corrected chi connectivity index (χ2v) is 10.1. The average Bonchev–Trinajstić information content (AvgIpc) is 3.06. The molecule has 1 aromatic rings. The summed E-state index contributed by atoms with van der Waals surface area (Å²) in [4.78, 5) is 4.36. The van der Waals surface area contributed by atoms with Crippen molar-refractivity contribution in [3.05, 3.63) is 47.8 Å². The van der Waals surface area contributed by atoms with Gasteiger partial charge in [0.05, 0.1) is 12.2 Å². The minimum absolute atomic E-state index is 0.155. The summed E-state index contributed by atoms with van der Waals surface area (Å²) in [5.41, 5.74) is 3.99. The molecule has 7 atom stereocenters. The van der Waals surface area contributed by atoms with E-state index in [1.807, 2.05) is 18.5 Å². The van der Waals surface area contributed by atoms with Gasteiger partial charge < -0.3 is 5.11 Å². The van der Waals surface area contributed by atoms with Crippen LogP contribution in [0.4, 0.5) is 0 Å². The molecule has 1 heterocycles. The van der Waals surface area contributed by atoms with Crippen molar-refractivity contribution < 1.29 is 5.11 Å². The Morgan fingerprint density at radius 2 is 2.07 bits per heavy atom. The molecule has 146 valence electrons. The number of hydrogen-bond donors (Lipinski definition) is 1. The molecule has 0 bridgehead atoms. The number of aromatic nitrogens is 1. The first kappa shape index (κ1) is 18.1. The van der Waals surface area contributed by atoms with Crippen LogP contribution in [0.1, 0.15) is 57.9 Å². The van der Waals surface area contributed by atoms with Crippen LogP contribution >= 0.6 is 0 Å². The summed E-state index contributed by atoms with van der Waals surface area (Å²) < 4.78 is 0. The summed E-state index contributed by atoms with van der Waals surface area (Å²) in [5, 5.41) is 20.2. The van der Waals surface area contributed by atoms with Gasteiger partial charge in [0.25, 0.3) is 0 Å². The van der Waals surface area contributed by atoms with Gasteiger partial charge in [-0.25, -0.2) is 0 Å². The van der Waals surface area contributed by atoms with Gasteiger partial charge in [0.2, 0.25) is 0 Å². The highest BCUT2D eigenvalue weighted by Gasteiger charge is 2.58. The predicted molar refractivity (Wildman–Crippen MR) is 110 cm³/mol. The highest BCUT2D eigenvalue weighted by molar-refractivity contribution is 5.72. The van der Waals surface area contributed by atoms with Crippen LogP contribution in [-0.2, 0) is 0 Å². The number of nitriles is 1. The third-order valence-corrected chi connectivity index (χ3v) is 8.93. The van der Waals surface area contributed by atoms with Gasteiger partial charge in [0.1, 0.15) is 0 Å². The van der Waals surface area contributed by atoms with Gasteiger partial charge in [-0.3, -0.25) is 4.98 Å². The minimum atomic E-state index is -0.245. The fourth-order valence-corrected chi connectivity index (χ4v) is 7.42. The molecule has 3 heteroatoms. The van der Waals surface area contributed by atoms with Gasteiger partial charge in [-0.15, -0.1) is 0 Å². The summed E-state index contributed by atoms with van der Waals surface area (Å²) in [6, 6.07) is 6.76. The van der Waals surface area contributed by atoms with Gasteiger partial charge in [-0.1, -0.05) is 32.1 Å². The van der Waals surface area contributed by atoms with Crippen LogP contribution in [0.2, 0.25) is 0 Å². The van der Waals surface area contributed by atoms with Crippen LogP contribution < -0.4 is 0 Å². The zero-order chi connectivity index (χ0) is 19.5. The minimum Gasteiger partial charge on any atom is -0.393 e. The lowest BCUT2D eigenvalue weighted by Gasteiger charge is -2.59. The number of nitrogens with zero attached hydrogens (tertiary/aromatic N) is 2. The van der Waals surface area contributed by atoms with E-state index < -0.39 is 0 Å².